The van der Waals surface area contributed by atoms with Gasteiger partial charge in [0.25, 0.3) is 11.8 Å². The number of fused-ring (bicyclic) bond motifs is 2. The maximum absolute atomic E-state index is 13.5. The Bertz CT molecular complexity index is 2250. The molecule has 6 aromatic rings. The number of aromatic nitrogens is 6. The van der Waals surface area contributed by atoms with E-state index in [2.05, 4.69) is 19.9 Å². The van der Waals surface area contributed by atoms with Crippen LogP contribution in [0.5, 0.6) is 0 Å². The van der Waals surface area contributed by atoms with Gasteiger partial charge < -0.3 is 20.1 Å². The Morgan fingerprint density at radius 3 is 1.57 bits per heavy atom. The Hall–Kier alpha value is -6.02. The van der Waals surface area contributed by atoms with Crippen LogP contribution in [-0.4, -0.2) is 67.1 Å². The molecule has 56 heavy (non-hydrogen) atoms. The second-order valence-electron chi connectivity index (χ2n) is 12.2. The van der Waals surface area contributed by atoms with E-state index in [1.807, 2.05) is 10.6 Å². The quantitative estimate of drug-likeness (QED) is 0.146. The van der Waals surface area contributed by atoms with Crippen LogP contribution in [0.1, 0.15) is 67.0 Å². The molecule has 0 saturated heterocycles. The first-order valence-corrected chi connectivity index (χ1v) is 16.3. The van der Waals surface area contributed by atoms with Crippen molar-refractivity contribution in [3.8, 4) is 0 Å². The van der Waals surface area contributed by atoms with Crippen LogP contribution in [0.15, 0.2) is 73.3 Å². The van der Waals surface area contributed by atoms with Gasteiger partial charge in [0.1, 0.15) is 24.3 Å². The van der Waals surface area contributed by atoms with E-state index >= 15 is 0 Å². The third-order valence-corrected chi connectivity index (χ3v) is 8.08. The normalized spacial score (nSPS) is 12.9. The first kappa shape index (κ1) is 41.1. The molecule has 4 heterocycles. The Balaban J connectivity index is 0.000000214. The number of benzene rings is 2. The molecule has 12 nitrogen and oxygen atoms in total. The maximum atomic E-state index is 13.5. The summed E-state index contributed by atoms with van der Waals surface area (Å²) >= 11 is 0. The van der Waals surface area contributed by atoms with Crippen molar-refractivity contribution in [1.82, 2.24) is 39.4 Å². The molecule has 296 valence electrons. The predicted octanol–water partition coefficient (Wildman–Crippen LogP) is 6.71. The highest BCUT2D eigenvalue weighted by atomic mass is 19.4. The summed E-state index contributed by atoms with van der Waals surface area (Å²) in [6.07, 6.45) is -6.96. The average Bonchev–Trinajstić information content (AvgIpc) is 3.75. The number of carbonyl (C=O) groups excluding carboxylic acids is 2. The van der Waals surface area contributed by atoms with Crippen LogP contribution in [0.4, 0.5) is 35.1 Å². The van der Waals surface area contributed by atoms with Crippen LogP contribution >= 0.6 is 0 Å². The second-order valence-corrected chi connectivity index (χ2v) is 12.2. The van der Waals surface area contributed by atoms with Crippen LogP contribution in [0, 0.1) is 25.5 Å². The fraction of sp³-hybridized carbons (Fsp3) is 0.278. The van der Waals surface area contributed by atoms with Gasteiger partial charge in [0.15, 0.2) is 34.8 Å². The summed E-state index contributed by atoms with van der Waals surface area (Å²) in [5.74, 6) is -3.45. The van der Waals surface area contributed by atoms with Crippen molar-refractivity contribution < 1.29 is 54.2 Å². The number of hydrogen-bond donors (Lipinski definition) is 2. The molecule has 2 aromatic carbocycles. The molecular formula is C36H32F8N8O4. The van der Waals surface area contributed by atoms with Gasteiger partial charge in [-0.3, -0.25) is 18.4 Å². The lowest BCUT2D eigenvalue weighted by molar-refractivity contribution is -0.155. The molecule has 0 radical (unpaired) electrons. The summed E-state index contributed by atoms with van der Waals surface area (Å²) in [4.78, 5) is 41.4. The fourth-order valence-electron chi connectivity index (χ4n) is 5.57. The number of nitrogens with zero attached hydrogens (tertiary/aromatic N) is 6. The van der Waals surface area contributed by atoms with Gasteiger partial charge in [-0.1, -0.05) is 24.3 Å². The molecule has 2 amide bonds. The molecule has 0 bridgehead atoms. The number of amides is 2. The largest absolute Gasteiger partial charge is 0.412 e. The molecule has 4 aromatic heterocycles. The molecule has 20 heteroatoms. The molecule has 0 aliphatic heterocycles. The minimum absolute atomic E-state index is 0.115. The smallest absolute Gasteiger partial charge is 0.378 e. The van der Waals surface area contributed by atoms with Gasteiger partial charge in [-0.15, -0.1) is 0 Å². The molecule has 0 fully saturated rings. The molecule has 0 spiro atoms. The number of ether oxygens (including phenoxy) is 2. The number of alkyl halides is 6. The van der Waals surface area contributed by atoms with E-state index in [4.69, 9.17) is 9.47 Å². The van der Waals surface area contributed by atoms with E-state index in [9.17, 15) is 44.7 Å². The predicted molar refractivity (Wildman–Crippen MR) is 182 cm³/mol. The average molecular weight is 793 g/mol. The lowest BCUT2D eigenvalue weighted by Crippen LogP contribution is -2.38. The van der Waals surface area contributed by atoms with Crippen molar-refractivity contribution in [2.75, 3.05) is 14.2 Å². The zero-order valence-electron chi connectivity index (χ0n) is 29.8. The summed E-state index contributed by atoms with van der Waals surface area (Å²) in [6, 6.07) is 6.27. The first-order valence-electron chi connectivity index (χ1n) is 16.3. The molecule has 2 N–H and O–H groups in total. The van der Waals surface area contributed by atoms with E-state index < -0.39 is 47.9 Å². The Morgan fingerprint density at radius 2 is 1.12 bits per heavy atom. The molecule has 6 rings (SSSR count). The van der Waals surface area contributed by atoms with Crippen molar-refractivity contribution in [3.05, 3.63) is 130 Å². The summed E-state index contributed by atoms with van der Waals surface area (Å²) in [5, 5.41) is 3.85. The van der Waals surface area contributed by atoms with Gasteiger partial charge in [-0.25, -0.2) is 28.7 Å². The van der Waals surface area contributed by atoms with E-state index in [1.165, 1.54) is 35.7 Å². The van der Waals surface area contributed by atoms with Crippen LogP contribution in [0.2, 0.25) is 0 Å². The van der Waals surface area contributed by atoms with Crippen LogP contribution in [0.25, 0.3) is 11.3 Å². The Morgan fingerprint density at radius 1 is 0.679 bits per heavy atom. The van der Waals surface area contributed by atoms with Crippen molar-refractivity contribution in [2.45, 2.75) is 51.5 Å². The molecule has 2 unspecified atom stereocenters. The third-order valence-electron chi connectivity index (χ3n) is 8.08. The Labute approximate surface area is 312 Å². The van der Waals surface area contributed by atoms with E-state index in [1.54, 1.807) is 26.0 Å². The second kappa shape index (κ2) is 16.8. The molecule has 0 aliphatic carbocycles. The lowest BCUT2D eigenvalue weighted by atomic mass is 10.1. The summed E-state index contributed by atoms with van der Waals surface area (Å²) in [6.45, 7) is 3.81. The number of aryl methyl sites for hydroxylation is 2. The van der Waals surface area contributed by atoms with Crippen molar-refractivity contribution >= 4 is 23.1 Å². The number of methoxy groups -OCH3 is 2. The van der Waals surface area contributed by atoms with Crippen LogP contribution in [0.3, 0.4) is 0 Å². The summed E-state index contributed by atoms with van der Waals surface area (Å²) in [7, 11) is 2.96. The first-order chi connectivity index (χ1) is 26.4. The number of imidazole rings is 2. The van der Waals surface area contributed by atoms with Gasteiger partial charge in [-0.05, 0) is 61.4 Å². The zero-order chi connectivity index (χ0) is 40.9. The number of halogens is 8. The minimum Gasteiger partial charge on any atom is -0.378 e. The highest BCUT2D eigenvalue weighted by molar-refractivity contribution is 5.99. The number of rotatable bonds is 10. The maximum Gasteiger partial charge on any atom is 0.412 e. The molecule has 2 atom stereocenters. The third kappa shape index (κ3) is 9.43. The molecule has 0 saturated carbocycles. The number of nitrogens with one attached hydrogen (secondary N) is 2. The van der Waals surface area contributed by atoms with Crippen molar-refractivity contribution in [1.29, 1.82) is 0 Å². The Kier molecular flexibility index (Phi) is 12.3. The van der Waals surface area contributed by atoms with Crippen molar-refractivity contribution in [2.24, 2.45) is 0 Å². The van der Waals surface area contributed by atoms with Gasteiger partial charge in [0.2, 0.25) is 0 Å². The van der Waals surface area contributed by atoms with Gasteiger partial charge in [-0.2, -0.15) is 26.3 Å². The molecule has 0 aliphatic rings. The minimum atomic E-state index is -4.78. The summed E-state index contributed by atoms with van der Waals surface area (Å²) in [5.41, 5.74) is 1.53. The zero-order valence-corrected chi connectivity index (χ0v) is 29.8. The van der Waals surface area contributed by atoms with Gasteiger partial charge >= 0.3 is 12.4 Å². The highest BCUT2D eigenvalue weighted by Gasteiger charge is 2.43. The fourth-order valence-corrected chi connectivity index (χ4v) is 5.57. The van der Waals surface area contributed by atoms with E-state index in [-0.39, 0.29) is 47.0 Å². The topological polar surface area (TPSA) is 137 Å². The van der Waals surface area contributed by atoms with Gasteiger partial charge in [0, 0.05) is 25.6 Å². The lowest BCUT2D eigenvalue weighted by Gasteiger charge is -2.21. The van der Waals surface area contributed by atoms with E-state index in [0.29, 0.717) is 22.8 Å². The monoisotopic (exact) mass is 792 g/mol. The number of carbonyl (C=O) groups is 2. The standard InChI is InChI=1S/2C18H16F4N4O2/c1-10-7-13(8-28-2)24-16-14(23-9-26(10)16)17(27)25-15(18(20,21)22)11-3-5-12(19)6-4-11;1-10-7-13(8-28-2)26-9-23-14(16(26)24-10)17(27)25-15(18(20,21)22)11-3-5-12(19)6-4-11/h2*3-7,9,15H,8H2,1-2H3,(H,25,27). The SMILES string of the molecule is COCc1cc(C)n2cnc(C(=O)NC(c3ccc(F)cc3)C(F)(F)F)c2n1.COCc1cc(C)nc2c(C(=O)NC(c3ccc(F)cc3)C(F)(F)F)ncn12. The van der Waals surface area contributed by atoms with Gasteiger partial charge in [0.05, 0.1) is 24.6 Å². The summed E-state index contributed by atoms with van der Waals surface area (Å²) < 4.78 is 120. The highest BCUT2D eigenvalue weighted by Crippen LogP contribution is 2.34. The van der Waals surface area contributed by atoms with E-state index in [0.717, 1.165) is 48.5 Å². The number of hydrogen-bond acceptors (Lipinski definition) is 8. The van der Waals surface area contributed by atoms with Crippen molar-refractivity contribution in [3.63, 3.8) is 0 Å². The molecular weight excluding hydrogens is 760 g/mol. The van der Waals surface area contributed by atoms with Crippen LogP contribution in [-0.2, 0) is 22.7 Å². The van der Waals surface area contributed by atoms with Crippen LogP contribution < -0.4 is 10.6 Å².